The van der Waals surface area contributed by atoms with E-state index in [9.17, 15) is 0 Å². The molecule has 0 radical (unpaired) electrons. The highest BCUT2D eigenvalue weighted by atomic mass is 32.1. The number of benzene rings is 1. The van der Waals surface area contributed by atoms with Gasteiger partial charge in [0, 0.05) is 52.6 Å². The molecule has 0 spiro atoms. The molecular formula is C33H44N4OS. The molecular weight excluding hydrogens is 500 g/mol. The predicted molar refractivity (Wildman–Crippen MR) is 169 cm³/mol. The molecule has 1 aliphatic carbocycles. The lowest BCUT2D eigenvalue weighted by atomic mass is 9.77. The third-order valence-electron chi connectivity index (χ3n) is 7.83. The summed E-state index contributed by atoms with van der Waals surface area (Å²) in [5.74, 6) is 1.51. The normalized spacial score (nSPS) is 18.5. The molecule has 39 heavy (non-hydrogen) atoms. The number of nitrogens with zero attached hydrogens (tertiary/aromatic N) is 2. The molecule has 1 aromatic heterocycles. The van der Waals surface area contributed by atoms with Gasteiger partial charge in [0.05, 0.1) is 13.2 Å². The molecule has 1 aliphatic heterocycles. The molecule has 1 saturated heterocycles. The zero-order valence-electron chi connectivity index (χ0n) is 24.3. The van der Waals surface area contributed by atoms with E-state index in [1.807, 2.05) is 13.1 Å². The average Bonchev–Trinajstić information content (AvgIpc) is 3.37. The van der Waals surface area contributed by atoms with Crippen molar-refractivity contribution >= 4 is 40.1 Å². The highest BCUT2D eigenvalue weighted by Crippen LogP contribution is 2.39. The molecule has 0 atom stereocenters. The molecule has 4 rings (SSSR count). The zero-order valence-corrected chi connectivity index (χ0v) is 25.1. The first-order valence-electron chi connectivity index (χ1n) is 14.3. The SMILES string of the molecule is CC/C=C(/N=C\C(C)=C(/C)c1ccc(/C(C(C)=N)=C(\C)C2CCC2)s1)Nc1ccc(CN2CCOCC2)cc1. The smallest absolute Gasteiger partial charge is 0.126 e. The molecule has 1 aromatic carbocycles. The van der Waals surface area contributed by atoms with Gasteiger partial charge in [-0.2, -0.15) is 0 Å². The molecule has 5 nitrogen and oxygen atoms in total. The Hall–Kier alpha value is -2.80. The summed E-state index contributed by atoms with van der Waals surface area (Å²) in [6.07, 6.45) is 8.83. The lowest BCUT2D eigenvalue weighted by Gasteiger charge is -2.28. The van der Waals surface area contributed by atoms with Crippen molar-refractivity contribution in [3.05, 3.63) is 74.8 Å². The summed E-state index contributed by atoms with van der Waals surface area (Å²) in [7, 11) is 0. The second-order valence-electron chi connectivity index (χ2n) is 10.7. The lowest BCUT2D eigenvalue weighted by Crippen LogP contribution is -2.35. The van der Waals surface area contributed by atoms with Gasteiger partial charge in [0.1, 0.15) is 5.82 Å². The maximum Gasteiger partial charge on any atom is 0.126 e. The van der Waals surface area contributed by atoms with E-state index in [1.165, 1.54) is 45.7 Å². The van der Waals surface area contributed by atoms with Gasteiger partial charge in [-0.1, -0.05) is 31.1 Å². The van der Waals surface area contributed by atoms with Crippen LogP contribution < -0.4 is 5.32 Å². The molecule has 0 bridgehead atoms. The van der Waals surface area contributed by atoms with Crippen molar-refractivity contribution in [1.29, 1.82) is 5.41 Å². The Balaban J connectivity index is 1.43. The van der Waals surface area contributed by atoms with Crippen molar-refractivity contribution in [3.8, 4) is 0 Å². The van der Waals surface area contributed by atoms with Crippen LogP contribution in [0.5, 0.6) is 0 Å². The minimum absolute atomic E-state index is 0.647. The topological polar surface area (TPSA) is 60.7 Å². The van der Waals surface area contributed by atoms with Crippen LogP contribution in [0.15, 0.2) is 64.4 Å². The van der Waals surface area contributed by atoms with Crippen molar-refractivity contribution in [1.82, 2.24) is 4.90 Å². The van der Waals surface area contributed by atoms with Crippen molar-refractivity contribution in [3.63, 3.8) is 0 Å². The summed E-state index contributed by atoms with van der Waals surface area (Å²) in [5, 5.41) is 11.9. The number of anilines is 1. The summed E-state index contributed by atoms with van der Waals surface area (Å²) >= 11 is 1.79. The van der Waals surface area contributed by atoms with Crippen LogP contribution in [-0.2, 0) is 11.3 Å². The fourth-order valence-electron chi connectivity index (χ4n) is 5.04. The van der Waals surface area contributed by atoms with Gasteiger partial charge >= 0.3 is 0 Å². The summed E-state index contributed by atoms with van der Waals surface area (Å²) in [6.45, 7) is 15.2. The van der Waals surface area contributed by atoms with Gasteiger partial charge in [-0.25, -0.2) is 4.99 Å². The van der Waals surface area contributed by atoms with E-state index in [4.69, 9.17) is 15.1 Å². The van der Waals surface area contributed by atoms with E-state index in [0.717, 1.165) is 61.9 Å². The van der Waals surface area contributed by atoms with E-state index in [-0.39, 0.29) is 0 Å². The number of aliphatic imine (C=N–C) groups is 1. The summed E-state index contributed by atoms with van der Waals surface area (Å²) in [5.41, 5.74) is 7.92. The maximum atomic E-state index is 8.42. The quantitative estimate of drug-likeness (QED) is 0.279. The van der Waals surface area contributed by atoms with E-state index in [2.05, 4.69) is 80.4 Å². The van der Waals surface area contributed by atoms with Crippen LogP contribution in [-0.4, -0.2) is 43.1 Å². The van der Waals surface area contributed by atoms with Gasteiger partial charge in [0.15, 0.2) is 0 Å². The molecule has 208 valence electrons. The first kappa shape index (κ1) is 29.2. The number of hydrogen-bond acceptors (Lipinski definition) is 6. The Morgan fingerprint density at radius 1 is 1.05 bits per heavy atom. The molecule has 1 saturated carbocycles. The number of morpholine rings is 1. The van der Waals surface area contributed by atoms with Crippen molar-refractivity contribution in [2.45, 2.75) is 66.8 Å². The molecule has 0 unspecified atom stereocenters. The first-order chi connectivity index (χ1) is 18.9. The number of hydrogen-bond donors (Lipinski definition) is 2. The number of thiophene rings is 1. The zero-order chi connectivity index (χ0) is 27.8. The highest BCUT2D eigenvalue weighted by Gasteiger charge is 2.23. The Labute approximate surface area is 238 Å². The van der Waals surface area contributed by atoms with Crippen LogP contribution in [0.3, 0.4) is 0 Å². The number of allylic oxidation sites excluding steroid dienone is 5. The van der Waals surface area contributed by atoms with Crippen LogP contribution in [0.4, 0.5) is 5.69 Å². The third-order valence-corrected chi connectivity index (χ3v) is 9.05. The molecule has 6 heteroatoms. The summed E-state index contributed by atoms with van der Waals surface area (Å²) < 4.78 is 5.46. The van der Waals surface area contributed by atoms with Crippen LogP contribution in [0, 0.1) is 11.3 Å². The number of ether oxygens (including phenoxy) is 1. The Morgan fingerprint density at radius 3 is 2.36 bits per heavy atom. The standard InChI is InChI=1S/C33H44N4OS/c1-6-8-32(36-29-13-11-27(12-14-29)22-37-17-19-38-20-18-37)35-21-23(2)24(3)30-15-16-31(39-30)33(26(5)34)25(4)28-9-7-10-28/h8,11-16,21,28,34,36H,6-7,9-10,17-20,22H2,1-5H3/b24-23+,32-8-,33-25+,34-26?,35-21-. The molecule has 2 heterocycles. The largest absolute Gasteiger partial charge is 0.379 e. The van der Waals surface area contributed by atoms with Crippen LogP contribution in [0.25, 0.3) is 11.1 Å². The maximum absolute atomic E-state index is 8.42. The fraction of sp³-hybridized carbons (Fsp3) is 0.455. The Bertz CT molecular complexity index is 1250. The third kappa shape index (κ3) is 7.87. The Morgan fingerprint density at radius 2 is 1.74 bits per heavy atom. The summed E-state index contributed by atoms with van der Waals surface area (Å²) in [4.78, 5) is 9.69. The van der Waals surface area contributed by atoms with E-state index in [0.29, 0.717) is 11.6 Å². The van der Waals surface area contributed by atoms with Gasteiger partial charge in [0.2, 0.25) is 0 Å². The number of nitrogens with one attached hydrogen (secondary N) is 2. The van der Waals surface area contributed by atoms with E-state index >= 15 is 0 Å². The van der Waals surface area contributed by atoms with Crippen LogP contribution in [0.1, 0.15) is 75.6 Å². The molecule has 2 aromatic rings. The minimum Gasteiger partial charge on any atom is -0.379 e. The van der Waals surface area contributed by atoms with Crippen LogP contribution in [0.2, 0.25) is 0 Å². The molecule has 2 N–H and O–H groups in total. The molecule has 0 amide bonds. The van der Waals surface area contributed by atoms with E-state index in [1.54, 1.807) is 11.3 Å². The average molecular weight is 545 g/mol. The van der Waals surface area contributed by atoms with E-state index < -0.39 is 0 Å². The second-order valence-corrected chi connectivity index (χ2v) is 11.8. The fourth-order valence-corrected chi connectivity index (χ4v) is 6.28. The number of rotatable bonds is 11. The van der Waals surface area contributed by atoms with Crippen molar-refractivity contribution in [2.24, 2.45) is 10.9 Å². The van der Waals surface area contributed by atoms with Gasteiger partial charge in [0.25, 0.3) is 0 Å². The van der Waals surface area contributed by atoms with Gasteiger partial charge in [-0.3, -0.25) is 4.90 Å². The minimum atomic E-state index is 0.647. The summed E-state index contributed by atoms with van der Waals surface area (Å²) in [6, 6.07) is 13.1. The predicted octanol–water partition coefficient (Wildman–Crippen LogP) is 8.42. The van der Waals surface area contributed by atoms with Crippen LogP contribution >= 0.6 is 11.3 Å². The van der Waals surface area contributed by atoms with Gasteiger partial charge in [-0.05, 0) is 99.9 Å². The lowest BCUT2D eigenvalue weighted by molar-refractivity contribution is 0.0342. The van der Waals surface area contributed by atoms with Gasteiger partial charge in [-0.15, -0.1) is 11.3 Å². The second kappa shape index (κ2) is 14.0. The van der Waals surface area contributed by atoms with Crippen molar-refractivity contribution < 1.29 is 4.74 Å². The monoisotopic (exact) mass is 544 g/mol. The van der Waals surface area contributed by atoms with Gasteiger partial charge < -0.3 is 15.5 Å². The molecule has 2 fully saturated rings. The van der Waals surface area contributed by atoms with Crippen molar-refractivity contribution in [2.75, 3.05) is 31.6 Å². The first-order valence-corrected chi connectivity index (χ1v) is 15.1. The Kier molecular flexibility index (Phi) is 10.5. The highest BCUT2D eigenvalue weighted by molar-refractivity contribution is 7.14. The molecule has 2 aliphatic rings.